The summed E-state index contributed by atoms with van der Waals surface area (Å²) < 4.78 is 66.3. The van der Waals surface area contributed by atoms with Crippen molar-refractivity contribution in [1.82, 2.24) is 19.6 Å². The fourth-order valence-corrected chi connectivity index (χ4v) is 5.84. The highest BCUT2D eigenvalue weighted by Crippen LogP contribution is 2.43. The van der Waals surface area contributed by atoms with Crippen molar-refractivity contribution in [3.63, 3.8) is 0 Å². The van der Waals surface area contributed by atoms with E-state index in [0.717, 1.165) is 47.9 Å². The molecule has 1 saturated heterocycles. The third-order valence-corrected chi connectivity index (χ3v) is 8.40. The van der Waals surface area contributed by atoms with Crippen LogP contribution < -0.4 is 5.32 Å². The molecule has 0 radical (unpaired) electrons. The van der Waals surface area contributed by atoms with Gasteiger partial charge in [0.25, 0.3) is 0 Å². The number of hydrogen-bond acceptors (Lipinski definition) is 4. The Hall–Kier alpha value is -2.69. The molecule has 1 aliphatic heterocycles. The number of aromatic nitrogens is 2. The highest BCUT2D eigenvalue weighted by Gasteiger charge is 2.45. The average molecular weight is 491 g/mol. The summed E-state index contributed by atoms with van der Waals surface area (Å²) in [7, 11) is -4.43. The SMILES string of the molecule is C=CCN([C@@H](C)C(F)(F)F)S(=O)(=O)c1ccc(-c2[nH]c3cc(C4CC4)ccc3c2C2CN2)nc1. The molecular weight excluding hydrogens is 465 g/mol. The predicted molar refractivity (Wildman–Crippen MR) is 124 cm³/mol. The highest BCUT2D eigenvalue weighted by atomic mass is 32.2. The van der Waals surface area contributed by atoms with Gasteiger partial charge < -0.3 is 10.3 Å². The Morgan fingerprint density at radius 2 is 2.00 bits per heavy atom. The lowest BCUT2D eigenvalue weighted by atomic mass is 10.0. The van der Waals surface area contributed by atoms with E-state index in [-0.39, 0.29) is 10.9 Å². The number of H-pyrrole nitrogens is 1. The van der Waals surface area contributed by atoms with E-state index in [0.29, 0.717) is 15.9 Å². The zero-order chi connectivity index (χ0) is 24.3. The molecule has 34 heavy (non-hydrogen) atoms. The summed E-state index contributed by atoms with van der Waals surface area (Å²) in [6, 6.07) is 7.25. The Bertz CT molecular complexity index is 1340. The first kappa shape index (κ1) is 23.1. The molecule has 6 nitrogen and oxygen atoms in total. The minimum absolute atomic E-state index is 0.177. The summed E-state index contributed by atoms with van der Waals surface area (Å²) in [6.45, 7) is 4.59. The van der Waals surface area contributed by atoms with Gasteiger partial charge in [-0.05, 0) is 49.4 Å². The van der Waals surface area contributed by atoms with E-state index in [2.05, 4.69) is 40.1 Å². The second kappa shape index (κ2) is 8.21. The van der Waals surface area contributed by atoms with Gasteiger partial charge in [-0.15, -0.1) is 6.58 Å². The van der Waals surface area contributed by atoms with Crippen LogP contribution in [0.1, 0.15) is 42.9 Å². The summed E-state index contributed by atoms with van der Waals surface area (Å²) in [6.07, 6.45) is -0.0574. The molecule has 5 rings (SSSR count). The van der Waals surface area contributed by atoms with Crippen LogP contribution in [0.2, 0.25) is 0 Å². The van der Waals surface area contributed by atoms with Gasteiger partial charge in [0.1, 0.15) is 10.9 Å². The van der Waals surface area contributed by atoms with Gasteiger partial charge in [-0.1, -0.05) is 18.2 Å². The first-order valence-corrected chi connectivity index (χ1v) is 12.6. The number of aromatic amines is 1. The Balaban J connectivity index is 1.51. The first-order valence-electron chi connectivity index (χ1n) is 11.2. The van der Waals surface area contributed by atoms with Gasteiger partial charge in [0.05, 0.1) is 11.4 Å². The van der Waals surface area contributed by atoms with Gasteiger partial charge in [-0.3, -0.25) is 4.98 Å². The number of benzene rings is 1. The maximum Gasteiger partial charge on any atom is 0.404 e. The van der Waals surface area contributed by atoms with Crippen molar-refractivity contribution in [2.45, 2.75) is 48.8 Å². The smallest absolute Gasteiger partial charge is 0.353 e. The molecule has 3 heterocycles. The number of halogens is 3. The molecule has 3 aromatic rings. The molecule has 1 aliphatic carbocycles. The van der Waals surface area contributed by atoms with Crippen LogP contribution in [-0.2, 0) is 10.0 Å². The Kier molecular flexibility index (Phi) is 5.57. The second-order valence-electron chi connectivity index (χ2n) is 8.91. The molecule has 0 bridgehead atoms. The topological polar surface area (TPSA) is 88.0 Å². The van der Waals surface area contributed by atoms with Crippen LogP contribution in [-0.4, -0.2) is 48.0 Å². The van der Waals surface area contributed by atoms with Crippen molar-refractivity contribution in [1.29, 1.82) is 0 Å². The van der Waals surface area contributed by atoms with Crippen molar-refractivity contribution < 1.29 is 21.6 Å². The molecule has 2 atom stereocenters. The van der Waals surface area contributed by atoms with Crippen molar-refractivity contribution in [3.05, 3.63) is 60.3 Å². The summed E-state index contributed by atoms with van der Waals surface area (Å²) in [5, 5.41) is 4.40. The lowest BCUT2D eigenvalue weighted by Crippen LogP contribution is -2.46. The number of rotatable bonds is 8. The number of nitrogens with zero attached hydrogens (tertiary/aromatic N) is 2. The minimum atomic E-state index is -4.71. The maximum absolute atomic E-state index is 13.3. The number of alkyl halides is 3. The van der Waals surface area contributed by atoms with Gasteiger partial charge in [-0.2, -0.15) is 17.5 Å². The van der Waals surface area contributed by atoms with Crippen LogP contribution in [0, 0.1) is 0 Å². The normalized spacial score (nSPS) is 19.5. The molecule has 0 amide bonds. The van der Waals surface area contributed by atoms with Crippen molar-refractivity contribution >= 4 is 20.9 Å². The number of fused-ring (bicyclic) bond motifs is 1. The molecule has 2 fully saturated rings. The Morgan fingerprint density at radius 3 is 2.56 bits per heavy atom. The lowest BCUT2D eigenvalue weighted by molar-refractivity contribution is -0.165. The molecule has 2 N–H and O–H groups in total. The van der Waals surface area contributed by atoms with Crippen LogP contribution in [0.5, 0.6) is 0 Å². The van der Waals surface area contributed by atoms with Gasteiger partial charge in [0, 0.05) is 41.8 Å². The fourth-order valence-electron chi connectivity index (χ4n) is 4.31. The monoisotopic (exact) mass is 490 g/mol. The number of hydrogen-bond donors (Lipinski definition) is 2. The van der Waals surface area contributed by atoms with Crippen molar-refractivity contribution in [2.75, 3.05) is 13.1 Å². The van der Waals surface area contributed by atoms with Gasteiger partial charge >= 0.3 is 6.18 Å². The van der Waals surface area contributed by atoms with E-state index in [9.17, 15) is 21.6 Å². The molecular formula is C24H25F3N4O2S. The molecule has 10 heteroatoms. The van der Waals surface area contributed by atoms with E-state index in [4.69, 9.17) is 0 Å². The largest absolute Gasteiger partial charge is 0.404 e. The van der Waals surface area contributed by atoms with Crippen LogP contribution >= 0.6 is 0 Å². The van der Waals surface area contributed by atoms with E-state index >= 15 is 0 Å². The molecule has 180 valence electrons. The second-order valence-corrected chi connectivity index (χ2v) is 10.8. The summed E-state index contributed by atoms with van der Waals surface area (Å²) >= 11 is 0. The number of pyridine rings is 1. The Labute approximate surface area is 195 Å². The van der Waals surface area contributed by atoms with Gasteiger partial charge in [0.2, 0.25) is 10.0 Å². The Morgan fingerprint density at radius 1 is 1.26 bits per heavy atom. The molecule has 1 aromatic carbocycles. The standard InChI is InChI=1S/C24H25F3N4O2S/c1-3-10-31(14(2)24(25,26)27)34(32,33)17-7-9-19(28-12-17)23-22(21-13-29-21)18-8-6-16(15-4-5-15)11-20(18)30-23/h3,6-9,11-12,14-15,21,29-30H,1,4-5,10,13H2,2H3/t14-,21?/m0/s1. The highest BCUT2D eigenvalue weighted by molar-refractivity contribution is 7.89. The van der Waals surface area contributed by atoms with Crippen molar-refractivity contribution in [2.24, 2.45) is 0 Å². The van der Waals surface area contributed by atoms with Crippen LogP contribution in [0.15, 0.2) is 54.1 Å². The van der Waals surface area contributed by atoms with Gasteiger partial charge in [-0.25, -0.2) is 8.42 Å². The van der Waals surface area contributed by atoms with Gasteiger partial charge in [0.15, 0.2) is 0 Å². The summed E-state index contributed by atoms with van der Waals surface area (Å²) in [5.74, 6) is 0.610. The zero-order valence-electron chi connectivity index (χ0n) is 18.6. The van der Waals surface area contributed by atoms with E-state index in [1.807, 2.05) is 0 Å². The third kappa shape index (κ3) is 4.14. The van der Waals surface area contributed by atoms with E-state index in [1.54, 1.807) is 0 Å². The van der Waals surface area contributed by atoms with Crippen LogP contribution in [0.25, 0.3) is 22.3 Å². The minimum Gasteiger partial charge on any atom is -0.353 e. The molecule has 1 unspecified atom stereocenters. The van der Waals surface area contributed by atoms with Crippen LogP contribution in [0.4, 0.5) is 13.2 Å². The van der Waals surface area contributed by atoms with E-state index < -0.39 is 28.8 Å². The molecule has 2 aromatic heterocycles. The predicted octanol–water partition coefficient (Wildman–Crippen LogP) is 4.88. The van der Waals surface area contributed by atoms with Crippen LogP contribution in [0.3, 0.4) is 0 Å². The number of sulfonamides is 1. The quantitative estimate of drug-likeness (QED) is 0.348. The summed E-state index contributed by atoms with van der Waals surface area (Å²) in [5.41, 5.74) is 4.68. The molecule has 0 spiro atoms. The summed E-state index contributed by atoms with van der Waals surface area (Å²) in [4.78, 5) is 7.48. The zero-order valence-corrected chi connectivity index (χ0v) is 19.4. The number of nitrogens with one attached hydrogen (secondary N) is 2. The fraction of sp³-hybridized carbons (Fsp3) is 0.375. The van der Waals surface area contributed by atoms with Crippen molar-refractivity contribution in [3.8, 4) is 11.4 Å². The average Bonchev–Trinajstić information content (AvgIpc) is 3.73. The molecule has 2 aliphatic rings. The van der Waals surface area contributed by atoms with E-state index in [1.165, 1.54) is 30.5 Å². The first-order chi connectivity index (χ1) is 16.1. The molecule has 1 saturated carbocycles. The third-order valence-electron chi connectivity index (χ3n) is 6.48. The lowest BCUT2D eigenvalue weighted by Gasteiger charge is -2.28. The maximum atomic E-state index is 13.3.